The maximum Gasteiger partial charge on any atom is 0.0726 e. The average molecular weight is 474 g/mol. The van der Waals surface area contributed by atoms with Gasteiger partial charge in [-0.3, -0.25) is 4.90 Å². The fraction of sp³-hybridized carbons (Fsp3) is 0.786. The zero-order valence-electron chi connectivity index (χ0n) is 20.8. The molecule has 1 aromatic rings. The van der Waals surface area contributed by atoms with E-state index in [9.17, 15) is 0 Å². The van der Waals surface area contributed by atoms with Crippen LogP contribution >= 0.6 is 12.4 Å². The molecule has 5 fully saturated rings. The molecule has 5 aliphatic rings. The fourth-order valence-electron chi connectivity index (χ4n) is 6.80. The highest BCUT2D eigenvalue weighted by Gasteiger charge is 2.45. The Kier molecular flexibility index (Phi) is 6.90. The Bertz CT molecular complexity index is 795. The predicted octanol–water partition coefficient (Wildman–Crippen LogP) is 5.69. The van der Waals surface area contributed by atoms with Crippen LogP contribution in [0.25, 0.3) is 0 Å². The summed E-state index contributed by atoms with van der Waals surface area (Å²) in [5, 5.41) is 0. The summed E-state index contributed by atoms with van der Waals surface area (Å²) in [4.78, 5) is 8.01. The van der Waals surface area contributed by atoms with Crippen LogP contribution in [0, 0.1) is 11.3 Å². The van der Waals surface area contributed by atoms with Crippen LogP contribution in [-0.4, -0.2) is 62.9 Å². The molecule has 0 N–H and O–H groups in total. The average Bonchev–Trinajstić information content (AvgIpc) is 3.73. The van der Waals surface area contributed by atoms with Crippen LogP contribution in [0.2, 0.25) is 0 Å². The third kappa shape index (κ3) is 5.33. The van der Waals surface area contributed by atoms with Crippen molar-refractivity contribution in [3.8, 4) is 0 Å². The lowest BCUT2D eigenvalue weighted by molar-refractivity contribution is -0.00522. The number of piperazine rings is 1. The van der Waals surface area contributed by atoms with Gasteiger partial charge in [0.2, 0.25) is 0 Å². The molecule has 0 aromatic heterocycles. The topological polar surface area (TPSA) is 19.0 Å². The van der Waals surface area contributed by atoms with Gasteiger partial charge in [0.15, 0.2) is 0 Å². The molecule has 2 unspecified atom stereocenters. The van der Waals surface area contributed by atoms with E-state index in [1.165, 1.54) is 89.8 Å². The van der Waals surface area contributed by atoms with E-state index in [1.54, 1.807) is 11.3 Å². The molecule has 3 saturated carbocycles. The highest BCUT2D eigenvalue weighted by Crippen LogP contribution is 2.59. The molecule has 0 amide bonds. The van der Waals surface area contributed by atoms with Crippen LogP contribution in [0.1, 0.15) is 76.7 Å². The Morgan fingerprint density at radius 1 is 0.848 bits per heavy atom. The second kappa shape index (κ2) is 9.59. The van der Waals surface area contributed by atoms with E-state index in [4.69, 9.17) is 4.74 Å². The van der Waals surface area contributed by atoms with Gasteiger partial charge in [-0.2, -0.15) is 0 Å². The number of hydrogen-bond donors (Lipinski definition) is 0. The Morgan fingerprint density at radius 2 is 1.52 bits per heavy atom. The van der Waals surface area contributed by atoms with Crippen molar-refractivity contribution in [2.45, 2.75) is 83.3 Å². The molecule has 33 heavy (non-hydrogen) atoms. The van der Waals surface area contributed by atoms with Crippen molar-refractivity contribution in [1.82, 2.24) is 4.90 Å². The number of anilines is 2. The minimum Gasteiger partial charge on any atom is -0.372 e. The molecular weight excluding hydrogens is 430 g/mol. The van der Waals surface area contributed by atoms with Crippen molar-refractivity contribution in [1.29, 1.82) is 0 Å². The zero-order chi connectivity index (χ0) is 21.7. The van der Waals surface area contributed by atoms with Gasteiger partial charge >= 0.3 is 0 Å². The molecule has 1 aromatic carbocycles. The van der Waals surface area contributed by atoms with Crippen LogP contribution in [-0.2, 0) is 4.74 Å². The van der Waals surface area contributed by atoms with Crippen molar-refractivity contribution >= 4 is 23.8 Å². The Balaban J connectivity index is 0.00000228. The minimum atomic E-state index is 0. The third-order valence-corrected chi connectivity index (χ3v) is 9.17. The van der Waals surface area contributed by atoms with Crippen LogP contribution in [0.3, 0.4) is 0 Å². The van der Waals surface area contributed by atoms with E-state index < -0.39 is 0 Å². The van der Waals surface area contributed by atoms with Crippen molar-refractivity contribution in [3.05, 3.63) is 23.8 Å². The Hall–Kier alpha value is -0.970. The normalized spacial score (nSPS) is 30.4. The number of hydrogen-bond acceptors (Lipinski definition) is 4. The number of nitrogens with zero attached hydrogens (tertiary/aromatic N) is 3. The van der Waals surface area contributed by atoms with Gasteiger partial charge in [0.1, 0.15) is 0 Å². The van der Waals surface area contributed by atoms with Gasteiger partial charge in [0, 0.05) is 57.2 Å². The van der Waals surface area contributed by atoms with E-state index in [0.29, 0.717) is 12.2 Å². The molecule has 184 valence electrons. The summed E-state index contributed by atoms with van der Waals surface area (Å²) in [7, 11) is 0. The lowest BCUT2D eigenvalue weighted by atomic mass is 9.76. The second-order valence-electron chi connectivity index (χ2n) is 11.9. The Labute approximate surface area is 207 Å². The van der Waals surface area contributed by atoms with E-state index >= 15 is 0 Å². The smallest absolute Gasteiger partial charge is 0.0726 e. The number of halogens is 1. The largest absolute Gasteiger partial charge is 0.372 e. The second-order valence-corrected chi connectivity index (χ2v) is 11.9. The summed E-state index contributed by atoms with van der Waals surface area (Å²) >= 11 is 0. The Morgan fingerprint density at radius 3 is 2.12 bits per heavy atom. The summed E-state index contributed by atoms with van der Waals surface area (Å²) < 4.78 is 6.02. The summed E-state index contributed by atoms with van der Waals surface area (Å²) in [6.45, 7) is 12.7. The first-order valence-electron chi connectivity index (χ1n) is 13.6. The molecule has 3 aliphatic carbocycles. The van der Waals surface area contributed by atoms with Crippen LogP contribution in [0.4, 0.5) is 11.4 Å². The van der Waals surface area contributed by atoms with Crippen molar-refractivity contribution in [2.24, 2.45) is 11.3 Å². The lowest BCUT2D eigenvalue weighted by Gasteiger charge is -2.40. The maximum atomic E-state index is 6.02. The SMILES string of the molecule is CC1CN(c2ccc(N3CCN(CC4CC4)CC3)c(C3CCC4(CC3)CC4)c2)CC(C)O1.Cl. The van der Waals surface area contributed by atoms with Gasteiger partial charge in [-0.05, 0) is 106 Å². The number of morpholine rings is 1. The molecule has 2 atom stereocenters. The molecule has 4 nitrogen and oxygen atoms in total. The predicted molar refractivity (Wildman–Crippen MR) is 140 cm³/mol. The fourth-order valence-corrected chi connectivity index (χ4v) is 6.80. The quantitative estimate of drug-likeness (QED) is 0.546. The molecule has 1 spiro atoms. The van der Waals surface area contributed by atoms with Crippen LogP contribution < -0.4 is 9.80 Å². The monoisotopic (exact) mass is 473 g/mol. The molecular formula is C28H44ClN3O. The van der Waals surface area contributed by atoms with Gasteiger partial charge < -0.3 is 14.5 Å². The lowest BCUT2D eigenvalue weighted by Crippen LogP contribution is -2.47. The summed E-state index contributed by atoms with van der Waals surface area (Å²) in [5.74, 6) is 1.75. The first-order valence-corrected chi connectivity index (χ1v) is 13.6. The van der Waals surface area contributed by atoms with E-state index in [1.807, 2.05) is 0 Å². The maximum absolute atomic E-state index is 6.02. The summed E-state index contributed by atoms with van der Waals surface area (Å²) in [6.07, 6.45) is 12.3. The highest BCUT2D eigenvalue weighted by atomic mass is 35.5. The van der Waals surface area contributed by atoms with E-state index in [0.717, 1.165) is 30.3 Å². The van der Waals surface area contributed by atoms with E-state index in [-0.39, 0.29) is 12.4 Å². The first-order chi connectivity index (χ1) is 15.6. The van der Waals surface area contributed by atoms with Gasteiger partial charge in [-0.15, -0.1) is 12.4 Å². The molecule has 2 heterocycles. The molecule has 0 radical (unpaired) electrons. The van der Waals surface area contributed by atoms with Crippen molar-refractivity contribution in [2.75, 3.05) is 55.6 Å². The van der Waals surface area contributed by atoms with Crippen molar-refractivity contribution in [3.63, 3.8) is 0 Å². The van der Waals surface area contributed by atoms with Gasteiger partial charge in [-0.25, -0.2) is 0 Å². The van der Waals surface area contributed by atoms with Gasteiger partial charge in [-0.1, -0.05) is 0 Å². The standard InChI is InChI=1S/C28H43N3O.ClH/c1-21-18-31(19-22(2)32-21)25-5-6-27(30-15-13-29(14-16-30)20-23-3-4-23)26(17-25)24-7-9-28(10-8-24)11-12-28;/h5-6,17,21-24H,3-4,7-16,18-20H2,1-2H3;1H. The summed E-state index contributed by atoms with van der Waals surface area (Å²) in [5.41, 5.74) is 5.38. The number of benzene rings is 1. The van der Waals surface area contributed by atoms with Gasteiger partial charge in [0.05, 0.1) is 12.2 Å². The molecule has 0 bridgehead atoms. The third-order valence-electron chi connectivity index (χ3n) is 9.17. The van der Waals surface area contributed by atoms with Crippen LogP contribution in [0.5, 0.6) is 0 Å². The summed E-state index contributed by atoms with van der Waals surface area (Å²) in [6, 6.07) is 7.48. The number of rotatable bonds is 5. The number of ether oxygens (including phenoxy) is 1. The first kappa shape index (κ1) is 23.8. The molecule has 5 heteroatoms. The molecule has 6 rings (SSSR count). The highest BCUT2D eigenvalue weighted by molar-refractivity contribution is 5.85. The van der Waals surface area contributed by atoms with Crippen LogP contribution in [0.15, 0.2) is 18.2 Å². The molecule has 2 aliphatic heterocycles. The van der Waals surface area contributed by atoms with Crippen molar-refractivity contribution < 1.29 is 4.74 Å². The van der Waals surface area contributed by atoms with Gasteiger partial charge in [0.25, 0.3) is 0 Å². The molecule has 2 saturated heterocycles. The van der Waals surface area contributed by atoms with E-state index in [2.05, 4.69) is 46.7 Å². The minimum absolute atomic E-state index is 0. The zero-order valence-corrected chi connectivity index (χ0v) is 21.6.